The maximum Gasteiger partial charge on any atom is 0.393 e. The maximum absolute atomic E-state index is 14.6. The molecule has 1 amide bonds. The number of aromatic nitrogens is 4. The molecular formula is C25H30F4N8O. The molecule has 1 saturated heterocycles. The Bertz CT molecular complexity index is 1370. The van der Waals surface area contributed by atoms with Gasteiger partial charge in [-0.3, -0.25) is 4.79 Å². The van der Waals surface area contributed by atoms with Crippen LogP contribution in [0.25, 0.3) is 5.52 Å². The molecular weight excluding hydrogens is 504 g/mol. The molecule has 4 rings (SSSR count). The van der Waals surface area contributed by atoms with Crippen LogP contribution in [-0.4, -0.2) is 75.3 Å². The minimum atomic E-state index is -4.50. The highest BCUT2D eigenvalue weighted by atomic mass is 19.4. The van der Waals surface area contributed by atoms with Gasteiger partial charge in [-0.25, -0.2) is 13.6 Å². The van der Waals surface area contributed by atoms with E-state index < -0.39 is 30.7 Å². The van der Waals surface area contributed by atoms with Crippen LogP contribution in [0.2, 0.25) is 0 Å². The van der Waals surface area contributed by atoms with Crippen molar-refractivity contribution in [2.45, 2.75) is 51.1 Å². The second-order valence-corrected chi connectivity index (χ2v) is 9.61. The smallest absolute Gasteiger partial charge is 0.383 e. The molecule has 1 aliphatic heterocycles. The molecule has 1 aliphatic rings. The lowest BCUT2D eigenvalue weighted by Gasteiger charge is -2.33. The number of rotatable bonds is 6. The van der Waals surface area contributed by atoms with Crippen molar-refractivity contribution in [2.24, 2.45) is 0 Å². The summed E-state index contributed by atoms with van der Waals surface area (Å²) in [5.41, 5.74) is 6.21. The predicted octanol–water partition coefficient (Wildman–Crippen LogP) is 3.03. The Labute approximate surface area is 217 Å². The topological polar surface area (TPSA) is 106 Å². The van der Waals surface area contributed by atoms with E-state index in [2.05, 4.69) is 32.7 Å². The van der Waals surface area contributed by atoms with E-state index in [-0.39, 0.29) is 47.3 Å². The van der Waals surface area contributed by atoms with Gasteiger partial charge in [-0.15, -0.1) is 0 Å². The lowest BCUT2D eigenvalue weighted by Crippen LogP contribution is -2.46. The Hall–Kier alpha value is -3.79. The summed E-state index contributed by atoms with van der Waals surface area (Å²) in [6.07, 6.45) is -4.98. The molecule has 38 heavy (non-hydrogen) atoms. The third-order valence-electron chi connectivity index (χ3n) is 6.33. The molecule has 1 fully saturated rings. The second kappa shape index (κ2) is 10.9. The molecule has 13 heteroatoms. The summed E-state index contributed by atoms with van der Waals surface area (Å²) in [6, 6.07) is 4.22. The van der Waals surface area contributed by atoms with Gasteiger partial charge < -0.3 is 21.3 Å². The number of amides is 1. The summed E-state index contributed by atoms with van der Waals surface area (Å²) in [5.74, 6) is 5.41. The lowest BCUT2D eigenvalue weighted by atomic mass is 10.0. The standard InChI is InChI=1S/C25H30F4N8O/c1-15(2)36-23(30)17(13-32-36)24(38)31-10-5-6-19-16(12-25(27,28)29)21-7-4-8-22(37(21)34-19)33-20-9-11-35(3)14-18(20)26/h4,7-8,13,15,18,20,33H,9-12,14,30H2,1-3H3,(H,31,38)/t18-,20+/m0/s1. The van der Waals surface area contributed by atoms with E-state index >= 15 is 0 Å². The van der Waals surface area contributed by atoms with Crippen LogP contribution >= 0.6 is 0 Å². The van der Waals surface area contributed by atoms with Crippen molar-refractivity contribution < 1.29 is 22.4 Å². The quantitative estimate of drug-likeness (QED) is 0.332. The molecule has 4 N–H and O–H groups in total. The monoisotopic (exact) mass is 534 g/mol. The summed E-state index contributed by atoms with van der Waals surface area (Å²) in [6.45, 7) is 4.55. The van der Waals surface area contributed by atoms with Crippen LogP contribution in [0, 0.1) is 11.8 Å². The number of nitrogens with one attached hydrogen (secondary N) is 2. The Morgan fingerprint density at radius 3 is 2.74 bits per heavy atom. The first kappa shape index (κ1) is 27.3. The van der Waals surface area contributed by atoms with Gasteiger partial charge in [0.2, 0.25) is 0 Å². The molecule has 0 radical (unpaired) electrons. The van der Waals surface area contributed by atoms with E-state index in [0.717, 1.165) is 0 Å². The minimum absolute atomic E-state index is 0.0342. The van der Waals surface area contributed by atoms with Crippen LogP contribution < -0.4 is 16.4 Å². The van der Waals surface area contributed by atoms with Crippen molar-refractivity contribution in [1.29, 1.82) is 0 Å². The van der Waals surface area contributed by atoms with Crippen LogP contribution in [0.3, 0.4) is 0 Å². The average molecular weight is 535 g/mol. The molecule has 0 bridgehead atoms. The number of nitrogens with zero attached hydrogens (tertiary/aromatic N) is 5. The number of carbonyl (C=O) groups is 1. The number of nitrogen functional groups attached to an aromatic ring is 1. The van der Waals surface area contributed by atoms with Gasteiger partial charge in [-0.2, -0.15) is 23.4 Å². The zero-order valence-electron chi connectivity index (χ0n) is 21.3. The number of alkyl halides is 4. The highest BCUT2D eigenvalue weighted by Gasteiger charge is 2.32. The number of likely N-dealkylation sites (tertiary alicyclic amines) is 1. The third-order valence-corrected chi connectivity index (χ3v) is 6.33. The summed E-state index contributed by atoms with van der Waals surface area (Å²) < 4.78 is 57.7. The highest BCUT2D eigenvalue weighted by molar-refractivity contribution is 5.98. The summed E-state index contributed by atoms with van der Waals surface area (Å²) in [7, 11) is 1.83. The number of anilines is 2. The molecule has 0 aromatic carbocycles. The normalized spacial score (nSPS) is 18.4. The molecule has 9 nitrogen and oxygen atoms in total. The van der Waals surface area contributed by atoms with Crippen LogP contribution in [0.4, 0.5) is 29.2 Å². The number of fused-ring (bicyclic) bond motifs is 1. The maximum atomic E-state index is 14.6. The minimum Gasteiger partial charge on any atom is -0.383 e. The lowest BCUT2D eigenvalue weighted by molar-refractivity contribution is -0.127. The van der Waals surface area contributed by atoms with Crippen LogP contribution in [0.5, 0.6) is 0 Å². The van der Waals surface area contributed by atoms with Gasteiger partial charge in [-0.1, -0.05) is 12.0 Å². The van der Waals surface area contributed by atoms with E-state index in [9.17, 15) is 22.4 Å². The molecule has 0 unspecified atom stereocenters. The van der Waals surface area contributed by atoms with Crippen molar-refractivity contribution in [3.8, 4) is 11.8 Å². The highest BCUT2D eigenvalue weighted by Crippen LogP contribution is 2.28. The van der Waals surface area contributed by atoms with Gasteiger partial charge in [0.05, 0.1) is 30.7 Å². The molecule has 204 valence electrons. The molecule has 0 aliphatic carbocycles. The zero-order valence-corrected chi connectivity index (χ0v) is 21.3. The molecule has 0 spiro atoms. The number of piperidine rings is 1. The molecule has 2 atom stereocenters. The SMILES string of the molecule is CC(C)n1ncc(C(=O)NCC#Cc2nn3c(N[C@@H]4CCN(C)C[C@@H]4F)cccc3c2CC(F)(F)F)c1N. The Morgan fingerprint density at radius 1 is 1.32 bits per heavy atom. The van der Waals surface area contributed by atoms with Gasteiger partial charge in [0.25, 0.3) is 5.91 Å². The van der Waals surface area contributed by atoms with Crippen LogP contribution in [-0.2, 0) is 6.42 Å². The first-order valence-electron chi connectivity index (χ1n) is 12.2. The van der Waals surface area contributed by atoms with Crippen LogP contribution in [0.1, 0.15) is 47.9 Å². The molecule has 3 aromatic heterocycles. The first-order chi connectivity index (χ1) is 17.9. The van der Waals surface area contributed by atoms with Crippen molar-refractivity contribution >= 4 is 23.1 Å². The zero-order chi connectivity index (χ0) is 27.6. The van der Waals surface area contributed by atoms with Gasteiger partial charge >= 0.3 is 6.18 Å². The Balaban J connectivity index is 1.57. The van der Waals surface area contributed by atoms with Gasteiger partial charge in [0, 0.05) is 24.7 Å². The van der Waals surface area contributed by atoms with Gasteiger partial charge in [0.15, 0.2) is 0 Å². The summed E-state index contributed by atoms with van der Waals surface area (Å²) in [4.78, 5) is 14.4. The fraction of sp³-hybridized carbons (Fsp3) is 0.480. The predicted molar refractivity (Wildman–Crippen MR) is 136 cm³/mol. The number of hydrogen-bond donors (Lipinski definition) is 3. The fourth-order valence-electron chi connectivity index (χ4n) is 4.42. The largest absolute Gasteiger partial charge is 0.393 e. The Kier molecular flexibility index (Phi) is 7.82. The van der Waals surface area contributed by atoms with E-state index in [1.807, 2.05) is 25.8 Å². The van der Waals surface area contributed by atoms with Crippen molar-refractivity contribution in [3.63, 3.8) is 0 Å². The number of halogens is 4. The average Bonchev–Trinajstić information content (AvgIpc) is 3.38. The van der Waals surface area contributed by atoms with Crippen LogP contribution in [0.15, 0.2) is 24.4 Å². The number of pyridine rings is 1. The second-order valence-electron chi connectivity index (χ2n) is 9.61. The summed E-state index contributed by atoms with van der Waals surface area (Å²) in [5, 5.41) is 14.1. The summed E-state index contributed by atoms with van der Waals surface area (Å²) >= 11 is 0. The van der Waals surface area contributed by atoms with E-state index in [4.69, 9.17) is 5.73 Å². The molecule has 3 aromatic rings. The van der Waals surface area contributed by atoms with Crippen molar-refractivity contribution in [3.05, 3.63) is 41.2 Å². The fourth-order valence-corrected chi connectivity index (χ4v) is 4.42. The van der Waals surface area contributed by atoms with Crippen molar-refractivity contribution in [2.75, 3.05) is 37.7 Å². The van der Waals surface area contributed by atoms with Crippen molar-refractivity contribution in [1.82, 2.24) is 29.6 Å². The van der Waals surface area contributed by atoms with E-state index in [0.29, 0.717) is 18.8 Å². The van der Waals surface area contributed by atoms with E-state index in [1.54, 1.807) is 12.1 Å². The molecule has 0 saturated carbocycles. The Morgan fingerprint density at radius 2 is 2.08 bits per heavy atom. The first-order valence-corrected chi connectivity index (χ1v) is 12.2. The number of hydrogen-bond acceptors (Lipinski definition) is 6. The van der Waals surface area contributed by atoms with Gasteiger partial charge in [-0.05, 0) is 45.4 Å². The van der Waals surface area contributed by atoms with Gasteiger partial charge in [0.1, 0.15) is 29.1 Å². The number of nitrogens with two attached hydrogens (primary N) is 1. The third kappa shape index (κ3) is 6.02. The number of carbonyl (C=O) groups excluding carboxylic acids is 1. The molecule has 4 heterocycles. The van der Waals surface area contributed by atoms with E-state index in [1.165, 1.54) is 21.5 Å².